The number of hydrogen-bond acceptors (Lipinski definition) is 6. The molecule has 1 fully saturated rings. The molecule has 1 unspecified atom stereocenters. The van der Waals surface area contributed by atoms with E-state index >= 15 is 0 Å². The highest BCUT2D eigenvalue weighted by Gasteiger charge is 2.33. The molecule has 1 saturated heterocycles. The van der Waals surface area contributed by atoms with Crippen LogP contribution in [0.1, 0.15) is 49.8 Å². The zero-order valence-electron chi connectivity index (χ0n) is 26.2. The Bertz CT molecular complexity index is 1820. The second-order valence-electron chi connectivity index (χ2n) is 11.3. The number of alkyl halides is 3. The maximum absolute atomic E-state index is 12.8. The number of aryl methyl sites for hydroxylation is 1. The molecule has 1 N–H and O–H groups in total. The Hall–Kier alpha value is -4.91. The van der Waals surface area contributed by atoms with Gasteiger partial charge >= 0.3 is 12.4 Å². The highest BCUT2D eigenvalue weighted by atomic mass is 32.2. The van der Waals surface area contributed by atoms with Crippen LogP contribution in [0.5, 0.6) is 5.75 Å². The predicted octanol–water partition coefficient (Wildman–Crippen LogP) is 7.90. The fourth-order valence-corrected chi connectivity index (χ4v) is 5.77. The average Bonchev–Trinajstić information content (AvgIpc) is 3.64. The van der Waals surface area contributed by atoms with Gasteiger partial charge in [-0.1, -0.05) is 68.1 Å². The molecule has 244 valence electrons. The van der Waals surface area contributed by atoms with Crippen LogP contribution in [0, 0.1) is 6.92 Å². The number of nitrogens with one attached hydrogen (secondary N) is 1. The number of urea groups is 1. The lowest BCUT2D eigenvalue weighted by Gasteiger charge is -2.22. The minimum atomic E-state index is -4.76. The normalized spacial score (nSPS) is 15.2. The molecular weight excluding hydrogens is 629 g/mol. The standard InChI is InChI=1S/C34H33F3N6O3S/c1-21(2)28-16-11-22(3)17-29(28)43-30(44)19-47-33(43)40-32(45)39-23(4)7-5-8-24-9-6-10-25(18-24)31-38-20-42(41-31)26-12-14-27(15-13-26)46-34(35,36)37/h5-6,8-18,20-21,23H,7,19H2,1-4H3,(H,39,45)/b8-5+,40-33?. The smallest absolute Gasteiger partial charge is 0.406 e. The van der Waals surface area contributed by atoms with Gasteiger partial charge in [-0.15, -0.1) is 18.3 Å². The first-order valence-electron chi connectivity index (χ1n) is 14.9. The molecule has 1 aromatic heterocycles. The van der Waals surface area contributed by atoms with Crippen LogP contribution in [-0.4, -0.2) is 50.0 Å². The summed E-state index contributed by atoms with van der Waals surface area (Å²) in [5.41, 5.74) is 4.96. The van der Waals surface area contributed by atoms with E-state index in [2.05, 4.69) is 39.0 Å². The van der Waals surface area contributed by atoms with Crippen molar-refractivity contribution in [3.8, 4) is 22.8 Å². The van der Waals surface area contributed by atoms with Crippen LogP contribution in [0.2, 0.25) is 0 Å². The zero-order chi connectivity index (χ0) is 33.7. The molecule has 13 heteroatoms. The third-order valence-corrected chi connectivity index (χ3v) is 8.08. The molecule has 0 bridgehead atoms. The van der Waals surface area contributed by atoms with Crippen LogP contribution in [0.25, 0.3) is 23.2 Å². The van der Waals surface area contributed by atoms with Gasteiger partial charge in [-0.05, 0) is 79.3 Å². The molecule has 3 aromatic carbocycles. The van der Waals surface area contributed by atoms with E-state index in [4.69, 9.17) is 0 Å². The molecule has 9 nitrogen and oxygen atoms in total. The number of halogens is 3. The molecule has 0 spiro atoms. The van der Waals surface area contributed by atoms with Gasteiger partial charge < -0.3 is 10.1 Å². The van der Waals surface area contributed by atoms with E-state index in [0.717, 1.165) is 27.9 Å². The molecule has 4 aromatic rings. The number of rotatable bonds is 9. The first-order valence-corrected chi connectivity index (χ1v) is 15.8. The first-order chi connectivity index (χ1) is 22.4. The molecule has 2 heterocycles. The first kappa shape index (κ1) is 33.5. The number of nitrogens with zero attached hydrogens (tertiary/aromatic N) is 5. The summed E-state index contributed by atoms with van der Waals surface area (Å²) in [4.78, 5) is 35.8. The molecule has 0 aliphatic carbocycles. The summed E-state index contributed by atoms with van der Waals surface area (Å²) < 4.78 is 42.7. The van der Waals surface area contributed by atoms with Gasteiger partial charge in [-0.25, -0.2) is 14.5 Å². The van der Waals surface area contributed by atoms with Crippen LogP contribution in [0.15, 0.2) is 84.1 Å². The highest BCUT2D eigenvalue weighted by Crippen LogP contribution is 2.34. The lowest BCUT2D eigenvalue weighted by molar-refractivity contribution is -0.274. The molecule has 0 radical (unpaired) electrons. The lowest BCUT2D eigenvalue weighted by Crippen LogP contribution is -2.34. The summed E-state index contributed by atoms with van der Waals surface area (Å²) >= 11 is 1.25. The van der Waals surface area contributed by atoms with E-state index in [0.29, 0.717) is 23.1 Å². The van der Waals surface area contributed by atoms with Crippen LogP contribution >= 0.6 is 11.8 Å². The average molecular weight is 663 g/mol. The number of carbonyl (C=O) groups excluding carboxylic acids is 2. The summed E-state index contributed by atoms with van der Waals surface area (Å²) in [7, 11) is 0. The van der Waals surface area contributed by atoms with Crippen LogP contribution in [0.4, 0.5) is 23.7 Å². The van der Waals surface area contributed by atoms with Crippen LogP contribution in [-0.2, 0) is 4.79 Å². The third-order valence-electron chi connectivity index (χ3n) is 7.15. The monoisotopic (exact) mass is 662 g/mol. The van der Waals surface area contributed by atoms with Crippen molar-refractivity contribution >= 4 is 40.6 Å². The number of amidine groups is 1. The predicted molar refractivity (Wildman–Crippen MR) is 178 cm³/mol. The minimum Gasteiger partial charge on any atom is -0.406 e. The lowest BCUT2D eigenvalue weighted by atomic mass is 9.99. The minimum absolute atomic E-state index is 0.108. The van der Waals surface area contributed by atoms with Gasteiger partial charge in [0.25, 0.3) is 0 Å². The van der Waals surface area contributed by atoms with Crippen molar-refractivity contribution in [2.75, 3.05) is 10.7 Å². The molecular formula is C34H33F3N6O3S. The maximum atomic E-state index is 12.8. The molecule has 1 atom stereocenters. The van der Waals surface area contributed by atoms with E-state index < -0.39 is 12.4 Å². The molecule has 5 rings (SSSR count). The van der Waals surface area contributed by atoms with Gasteiger partial charge in [0.05, 0.1) is 17.1 Å². The zero-order valence-corrected chi connectivity index (χ0v) is 27.0. The fraction of sp³-hybridized carbons (Fsp3) is 0.265. The Morgan fingerprint density at radius 1 is 1.11 bits per heavy atom. The number of aromatic nitrogens is 3. The number of carbonyl (C=O) groups is 2. The van der Waals surface area contributed by atoms with E-state index in [-0.39, 0.29) is 29.4 Å². The Morgan fingerprint density at radius 2 is 1.87 bits per heavy atom. The Kier molecular flexibility index (Phi) is 10.1. The van der Waals surface area contributed by atoms with Gasteiger partial charge in [0.2, 0.25) is 5.91 Å². The second-order valence-corrected chi connectivity index (χ2v) is 12.2. The fourth-order valence-electron chi connectivity index (χ4n) is 4.92. The molecule has 1 aliphatic heterocycles. The number of thioether (sulfide) groups is 1. The number of anilines is 1. The number of hydrogen-bond donors (Lipinski definition) is 1. The number of aliphatic imine (C=N–C) groups is 1. The van der Waals surface area contributed by atoms with Crippen molar-refractivity contribution in [1.29, 1.82) is 0 Å². The largest absolute Gasteiger partial charge is 0.573 e. The van der Waals surface area contributed by atoms with Gasteiger partial charge in [0.1, 0.15) is 12.1 Å². The molecule has 47 heavy (non-hydrogen) atoms. The summed E-state index contributed by atoms with van der Waals surface area (Å²) in [6.45, 7) is 7.97. The second kappa shape index (κ2) is 14.2. The van der Waals surface area contributed by atoms with Gasteiger partial charge in [-0.3, -0.25) is 9.69 Å². The van der Waals surface area contributed by atoms with Crippen LogP contribution in [0.3, 0.4) is 0 Å². The summed E-state index contributed by atoms with van der Waals surface area (Å²) in [6.07, 6.45) is 1.12. The van der Waals surface area contributed by atoms with Crippen molar-refractivity contribution in [3.05, 3.63) is 95.8 Å². The van der Waals surface area contributed by atoms with E-state index in [1.54, 1.807) is 4.90 Å². The number of amides is 3. The maximum Gasteiger partial charge on any atom is 0.573 e. The summed E-state index contributed by atoms with van der Waals surface area (Å²) in [5.74, 6) is 0.425. The third kappa shape index (κ3) is 8.67. The quantitative estimate of drug-likeness (QED) is 0.196. The van der Waals surface area contributed by atoms with Crippen molar-refractivity contribution in [2.45, 2.75) is 52.4 Å². The summed E-state index contributed by atoms with van der Waals surface area (Å²) in [5, 5.41) is 7.71. The van der Waals surface area contributed by atoms with E-state index in [1.807, 2.05) is 68.5 Å². The van der Waals surface area contributed by atoms with Crippen LogP contribution < -0.4 is 15.0 Å². The van der Waals surface area contributed by atoms with E-state index in [9.17, 15) is 22.8 Å². The summed E-state index contributed by atoms with van der Waals surface area (Å²) in [6, 6.07) is 18.1. The number of benzene rings is 3. The van der Waals surface area contributed by atoms with Gasteiger partial charge in [-0.2, -0.15) is 4.99 Å². The Labute approximate surface area is 274 Å². The topological polar surface area (TPSA) is 102 Å². The molecule has 3 amide bonds. The van der Waals surface area contributed by atoms with Crippen molar-refractivity contribution in [2.24, 2.45) is 4.99 Å². The van der Waals surface area contributed by atoms with Crippen molar-refractivity contribution in [1.82, 2.24) is 20.1 Å². The van der Waals surface area contributed by atoms with Gasteiger partial charge in [0, 0.05) is 11.6 Å². The Balaban J connectivity index is 1.19. The SMILES string of the molecule is Cc1ccc(C(C)C)c(N2C(=O)CSC2=NC(=O)NC(C)C/C=C/c2cccc(-c3ncn(-c4ccc(OC(F)(F)F)cc4)n3)c2)c1. The molecule has 1 aliphatic rings. The van der Waals surface area contributed by atoms with Gasteiger partial charge in [0.15, 0.2) is 11.0 Å². The van der Waals surface area contributed by atoms with Crippen molar-refractivity contribution < 1.29 is 27.5 Å². The molecule has 0 saturated carbocycles. The van der Waals surface area contributed by atoms with E-state index in [1.165, 1.54) is 47.0 Å². The number of ether oxygens (including phenoxy) is 1. The highest BCUT2D eigenvalue weighted by molar-refractivity contribution is 8.15. The van der Waals surface area contributed by atoms with Crippen molar-refractivity contribution in [3.63, 3.8) is 0 Å². The Morgan fingerprint density at radius 3 is 2.60 bits per heavy atom.